The van der Waals surface area contributed by atoms with Gasteiger partial charge in [0.2, 0.25) is 0 Å². The summed E-state index contributed by atoms with van der Waals surface area (Å²) in [6.07, 6.45) is 5.76. The smallest absolute Gasteiger partial charge is 0.410 e. The van der Waals surface area contributed by atoms with Gasteiger partial charge in [-0.25, -0.2) is 14.6 Å². The molecule has 38 heavy (non-hydrogen) atoms. The molecule has 0 N–H and O–H groups in total. The van der Waals surface area contributed by atoms with Gasteiger partial charge in [0.1, 0.15) is 11.2 Å². The van der Waals surface area contributed by atoms with Crippen molar-refractivity contribution in [3.8, 4) is 0 Å². The molecule has 0 bridgehead atoms. The Kier molecular flexibility index (Phi) is 9.09. The SMILES string of the molecule is CC(C)(C)OC(=O)/C=C/c1cccc(/C=C/C(=O)c2cccc(N3CCN(C(=O)OC(C)(C)C)CC3)c2)n1. The van der Waals surface area contributed by atoms with Crippen LogP contribution in [-0.4, -0.2) is 65.1 Å². The molecule has 1 aromatic heterocycles. The van der Waals surface area contributed by atoms with Crippen LogP contribution in [0.2, 0.25) is 0 Å². The second kappa shape index (κ2) is 12.1. The summed E-state index contributed by atoms with van der Waals surface area (Å²) in [4.78, 5) is 45.4. The van der Waals surface area contributed by atoms with Gasteiger partial charge in [-0.1, -0.05) is 18.2 Å². The number of esters is 1. The van der Waals surface area contributed by atoms with Crippen LogP contribution in [0.15, 0.2) is 54.6 Å². The molecule has 1 saturated heterocycles. The molecule has 0 aliphatic carbocycles. The Morgan fingerprint density at radius 3 is 1.97 bits per heavy atom. The van der Waals surface area contributed by atoms with Gasteiger partial charge in [-0.15, -0.1) is 0 Å². The van der Waals surface area contributed by atoms with E-state index in [1.165, 1.54) is 12.2 Å². The van der Waals surface area contributed by atoms with E-state index in [0.717, 1.165) is 5.69 Å². The molecule has 0 spiro atoms. The minimum atomic E-state index is -0.564. The zero-order valence-corrected chi connectivity index (χ0v) is 23.1. The minimum absolute atomic E-state index is 0.143. The van der Waals surface area contributed by atoms with Crippen LogP contribution in [0.1, 0.15) is 63.3 Å². The molecule has 0 atom stereocenters. The number of carbonyl (C=O) groups is 3. The molecular formula is C30H37N3O5. The summed E-state index contributed by atoms with van der Waals surface area (Å²) in [6.45, 7) is 13.4. The number of carbonyl (C=O) groups excluding carboxylic acids is 3. The molecule has 0 saturated carbocycles. The van der Waals surface area contributed by atoms with E-state index < -0.39 is 17.2 Å². The van der Waals surface area contributed by atoms with Crippen molar-refractivity contribution >= 4 is 35.7 Å². The molecule has 0 radical (unpaired) electrons. The first-order valence-corrected chi connectivity index (χ1v) is 12.7. The van der Waals surface area contributed by atoms with Gasteiger partial charge in [-0.3, -0.25) is 4.79 Å². The molecule has 2 heterocycles. The van der Waals surface area contributed by atoms with Crippen LogP contribution in [0, 0.1) is 0 Å². The highest BCUT2D eigenvalue weighted by molar-refractivity contribution is 6.07. The van der Waals surface area contributed by atoms with E-state index in [-0.39, 0.29) is 11.9 Å². The third-order valence-corrected chi connectivity index (χ3v) is 5.42. The number of pyridine rings is 1. The molecule has 8 nitrogen and oxygen atoms in total. The topological polar surface area (TPSA) is 89.0 Å². The fraction of sp³-hybridized carbons (Fsp3) is 0.400. The highest BCUT2D eigenvalue weighted by Gasteiger charge is 2.26. The molecule has 3 rings (SSSR count). The normalized spacial score (nSPS) is 14.7. The molecule has 1 aliphatic rings. The van der Waals surface area contributed by atoms with E-state index in [2.05, 4.69) is 9.88 Å². The number of hydrogen-bond acceptors (Lipinski definition) is 7. The number of rotatable bonds is 6. The molecule has 8 heteroatoms. The predicted octanol–water partition coefficient (Wildman–Crippen LogP) is 5.39. The lowest BCUT2D eigenvalue weighted by Gasteiger charge is -2.36. The summed E-state index contributed by atoms with van der Waals surface area (Å²) >= 11 is 0. The standard InChI is InChI=1S/C30H37N3O5/c1-29(2,3)37-27(35)16-14-24-11-8-10-23(31-24)13-15-26(34)22-9-7-12-25(21-22)32-17-19-33(20-18-32)28(36)38-30(4,5)6/h7-16,21H,17-20H2,1-6H3/b15-13+,16-14+. The number of anilines is 1. The Labute approximate surface area is 224 Å². The maximum absolute atomic E-state index is 12.9. The Balaban J connectivity index is 1.60. The maximum Gasteiger partial charge on any atom is 0.410 e. The fourth-order valence-electron chi connectivity index (χ4n) is 3.73. The lowest BCUT2D eigenvalue weighted by atomic mass is 10.1. The molecule has 0 unspecified atom stereocenters. The zero-order chi connectivity index (χ0) is 27.9. The van der Waals surface area contributed by atoms with Crippen molar-refractivity contribution in [2.24, 2.45) is 0 Å². The van der Waals surface area contributed by atoms with Gasteiger partial charge in [0.05, 0.1) is 11.4 Å². The van der Waals surface area contributed by atoms with Crippen LogP contribution in [0.25, 0.3) is 12.2 Å². The summed E-state index contributed by atoms with van der Waals surface area (Å²) in [5.41, 5.74) is 1.59. The number of hydrogen-bond donors (Lipinski definition) is 0. The lowest BCUT2D eigenvalue weighted by molar-refractivity contribution is -0.148. The average molecular weight is 520 g/mol. The molecule has 202 valence electrons. The van der Waals surface area contributed by atoms with Crippen molar-refractivity contribution in [1.29, 1.82) is 0 Å². The second-order valence-corrected chi connectivity index (χ2v) is 11.1. The number of aromatic nitrogens is 1. The third-order valence-electron chi connectivity index (χ3n) is 5.42. The Morgan fingerprint density at radius 2 is 1.37 bits per heavy atom. The van der Waals surface area contributed by atoms with Crippen LogP contribution < -0.4 is 4.90 Å². The summed E-state index contributed by atoms with van der Waals surface area (Å²) < 4.78 is 10.7. The van der Waals surface area contributed by atoms with E-state index in [9.17, 15) is 14.4 Å². The summed E-state index contributed by atoms with van der Waals surface area (Å²) in [7, 11) is 0. The van der Waals surface area contributed by atoms with Crippen molar-refractivity contribution in [3.05, 3.63) is 71.6 Å². The Hall–Kier alpha value is -3.94. The molecule has 1 aliphatic heterocycles. The zero-order valence-electron chi connectivity index (χ0n) is 23.1. The van der Waals surface area contributed by atoms with Crippen molar-refractivity contribution in [1.82, 2.24) is 9.88 Å². The van der Waals surface area contributed by atoms with Crippen LogP contribution in [0.5, 0.6) is 0 Å². The number of amides is 1. The van der Waals surface area contributed by atoms with Gasteiger partial charge in [-0.05, 0) is 84.0 Å². The van der Waals surface area contributed by atoms with Crippen molar-refractivity contribution in [2.45, 2.75) is 52.7 Å². The van der Waals surface area contributed by atoms with Gasteiger partial charge in [0.25, 0.3) is 0 Å². The number of nitrogens with zero attached hydrogens (tertiary/aromatic N) is 3. The summed E-state index contributed by atoms with van der Waals surface area (Å²) in [5.74, 6) is -0.586. The second-order valence-electron chi connectivity index (χ2n) is 11.1. The highest BCUT2D eigenvalue weighted by atomic mass is 16.6. The average Bonchev–Trinajstić information content (AvgIpc) is 2.84. The van der Waals surface area contributed by atoms with Crippen LogP contribution >= 0.6 is 0 Å². The summed E-state index contributed by atoms with van der Waals surface area (Å²) in [5, 5.41) is 0. The van der Waals surface area contributed by atoms with Gasteiger partial charge >= 0.3 is 12.1 Å². The number of piperazine rings is 1. The van der Waals surface area contributed by atoms with E-state index in [1.54, 1.807) is 35.3 Å². The number of benzene rings is 1. The predicted molar refractivity (Wildman–Crippen MR) is 149 cm³/mol. The Bertz CT molecular complexity index is 1210. The molecule has 1 amide bonds. The monoisotopic (exact) mass is 519 g/mol. The minimum Gasteiger partial charge on any atom is -0.457 e. The first kappa shape index (κ1) is 28.6. The lowest BCUT2D eigenvalue weighted by Crippen LogP contribution is -2.50. The van der Waals surface area contributed by atoms with E-state index in [4.69, 9.17) is 9.47 Å². The largest absolute Gasteiger partial charge is 0.457 e. The highest BCUT2D eigenvalue weighted by Crippen LogP contribution is 2.20. The van der Waals surface area contributed by atoms with Crippen molar-refractivity contribution in [3.63, 3.8) is 0 Å². The van der Waals surface area contributed by atoms with Crippen LogP contribution in [0.3, 0.4) is 0 Å². The molecular weight excluding hydrogens is 482 g/mol. The first-order valence-electron chi connectivity index (χ1n) is 12.7. The number of allylic oxidation sites excluding steroid dienone is 1. The number of ketones is 1. The Morgan fingerprint density at radius 1 is 0.789 bits per heavy atom. The van der Waals surface area contributed by atoms with Gasteiger partial charge in [0.15, 0.2) is 5.78 Å². The third kappa shape index (κ3) is 9.18. The number of ether oxygens (including phenoxy) is 2. The van der Waals surface area contributed by atoms with Gasteiger partial charge in [0, 0.05) is 43.5 Å². The maximum atomic E-state index is 12.9. The quantitative estimate of drug-likeness (QED) is 0.287. The van der Waals surface area contributed by atoms with E-state index >= 15 is 0 Å². The molecule has 2 aromatic rings. The summed E-state index contributed by atoms with van der Waals surface area (Å²) in [6, 6.07) is 12.8. The van der Waals surface area contributed by atoms with Crippen molar-refractivity contribution in [2.75, 3.05) is 31.1 Å². The molecule has 1 fully saturated rings. The van der Waals surface area contributed by atoms with Crippen LogP contribution in [0.4, 0.5) is 10.5 Å². The molecule has 1 aromatic carbocycles. The first-order chi connectivity index (χ1) is 17.8. The van der Waals surface area contributed by atoms with Crippen LogP contribution in [-0.2, 0) is 14.3 Å². The van der Waals surface area contributed by atoms with E-state index in [1.807, 2.05) is 65.8 Å². The van der Waals surface area contributed by atoms with Gasteiger partial charge < -0.3 is 19.3 Å². The van der Waals surface area contributed by atoms with Crippen molar-refractivity contribution < 1.29 is 23.9 Å². The fourth-order valence-corrected chi connectivity index (χ4v) is 3.73. The van der Waals surface area contributed by atoms with E-state index in [0.29, 0.717) is 43.1 Å². The van der Waals surface area contributed by atoms with Gasteiger partial charge in [-0.2, -0.15) is 0 Å².